The number of rotatable bonds is 8. The van der Waals surface area contributed by atoms with Gasteiger partial charge in [-0.3, -0.25) is 0 Å². The van der Waals surface area contributed by atoms with Crippen molar-refractivity contribution in [1.82, 2.24) is 0 Å². The quantitative estimate of drug-likeness (QED) is 0.466. The molecule has 86 valence electrons. The Morgan fingerprint density at radius 3 is 1.79 bits per heavy atom. The summed E-state index contributed by atoms with van der Waals surface area (Å²) in [5, 5.41) is 0. The van der Waals surface area contributed by atoms with E-state index < -0.39 is 5.53 Å². The first kappa shape index (κ1) is 14.3. The van der Waals surface area contributed by atoms with Crippen molar-refractivity contribution in [3.05, 3.63) is 0 Å². The summed E-state index contributed by atoms with van der Waals surface area (Å²) in [5.74, 6) is 0. The van der Waals surface area contributed by atoms with Gasteiger partial charge in [-0.1, -0.05) is 16.2 Å². The van der Waals surface area contributed by atoms with E-state index in [1.165, 1.54) is 0 Å². The lowest BCUT2D eigenvalue weighted by molar-refractivity contribution is -0.230. The van der Waals surface area contributed by atoms with Crippen molar-refractivity contribution >= 4 is 9.24 Å². The van der Waals surface area contributed by atoms with Gasteiger partial charge in [-0.15, -0.1) is 0 Å². The first-order valence-corrected chi connectivity index (χ1v) is 5.90. The Hall–Kier alpha value is 0.310. The molecule has 0 aliphatic heterocycles. The molecule has 14 heavy (non-hydrogen) atoms. The van der Waals surface area contributed by atoms with Crippen LogP contribution in [0, 0.1) is 0 Å². The fraction of sp³-hybridized carbons (Fsp3) is 1.00. The van der Waals surface area contributed by atoms with E-state index in [0.29, 0.717) is 19.8 Å². The number of ether oxygens (including phenoxy) is 3. The van der Waals surface area contributed by atoms with Crippen LogP contribution in [0.15, 0.2) is 0 Å². The van der Waals surface area contributed by atoms with Crippen LogP contribution in [0.5, 0.6) is 0 Å². The Morgan fingerprint density at radius 1 is 1.00 bits per heavy atom. The molecule has 0 spiro atoms. The van der Waals surface area contributed by atoms with Crippen LogP contribution in [0.4, 0.5) is 0 Å². The molecule has 0 amide bonds. The van der Waals surface area contributed by atoms with Gasteiger partial charge in [0.2, 0.25) is 5.53 Å². The molecule has 0 heterocycles. The van der Waals surface area contributed by atoms with Crippen LogP contribution < -0.4 is 0 Å². The maximum Gasteiger partial charge on any atom is 0.207 e. The van der Waals surface area contributed by atoms with Gasteiger partial charge in [0.1, 0.15) is 6.10 Å². The molecule has 4 heteroatoms. The van der Waals surface area contributed by atoms with Gasteiger partial charge in [-0.2, -0.15) is 0 Å². The Labute approximate surface area is 89.7 Å². The number of hydrogen-bond acceptors (Lipinski definition) is 3. The second kappa shape index (κ2) is 7.58. The highest BCUT2D eigenvalue weighted by Gasteiger charge is 2.35. The minimum atomic E-state index is -0.686. The van der Waals surface area contributed by atoms with Crippen LogP contribution in [-0.2, 0) is 14.2 Å². The summed E-state index contributed by atoms with van der Waals surface area (Å²) in [6, 6.07) is 0. The van der Waals surface area contributed by atoms with Crippen molar-refractivity contribution in [2.75, 3.05) is 19.8 Å². The third kappa shape index (κ3) is 4.22. The predicted molar refractivity (Wildman–Crippen MR) is 61.4 cm³/mol. The van der Waals surface area contributed by atoms with Crippen molar-refractivity contribution in [3.63, 3.8) is 0 Å². The first-order valence-electron chi connectivity index (χ1n) is 5.32. The van der Waals surface area contributed by atoms with Crippen LogP contribution in [0.3, 0.4) is 0 Å². The van der Waals surface area contributed by atoms with E-state index in [1.807, 2.05) is 20.8 Å². The molecule has 0 N–H and O–H groups in total. The molecule has 2 unspecified atom stereocenters. The Balaban J connectivity index is 4.39. The van der Waals surface area contributed by atoms with Crippen molar-refractivity contribution in [2.45, 2.75) is 45.7 Å². The fourth-order valence-corrected chi connectivity index (χ4v) is 2.06. The first-order chi connectivity index (χ1) is 6.64. The van der Waals surface area contributed by atoms with Crippen LogP contribution in [0.2, 0.25) is 0 Å². The molecule has 2 atom stereocenters. The normalized spacial score (nSPS) is 14.4. The SMILES string of the molecule is CCOC(CC)C(P)(OCC)OCC. The summed E-state index contributed by atoms with van der Waals surface area (Å²) in [6.45, 7) is 9.87. The molecule has 0 bridgehead atoms. The van der Waals surface area contributed by atoms with Crippen molar-refractivity contribution in [2.24, 2.45) is 0 Å². The monoisotopic (exact) mass is 222 g/mol. The maximum absolute atomic E-state index is 5.59. The average molecular weight is 222 g/mol. The highest BCUT2D eigenvalue weighted by molar-refractivity contribution is 7.18. The zero-order chi connectivity index (χ0) is 11.0. The van der Waals surface area contributed by atoms with Crippen LogP contribution in [0.25, 0.3) is 0 Å². The maximum atomic E-state index is 5.59. The second-order valence-corrected chi connectivity index (χ2v) is 3.74. The Bertz CT molecular complexity index is 135. The van der Waals surface area contributed by atoms with Crippen molar-refractivity contribution in [1.29, 1.82) is 0 Å². The van der Waals surface area contributed by atoms with E-state index in [-0.39, 0.29) is 6.10 Å². The van der Waals surface area contributed by atoms with Gasteiger partial charge in [-0.25, -0.2) is 0 Å². The summed E-state index contributed by atoms with van der Waals surface area (Å²) in [6.07, 6.45) is 0.842. The highest BCUT2D eigenvalue weighted by atomic mass is 31.0. The number of hydrogen-bond donors (Lipinski definition) is 0. The third-order valence-corrected chi connectivity index (χ3v) is 2.63. The molecular weight excluding hydrogens is 199 g/mol. The molecule has 0 aromatic carbocycles. The lowest BCUT2D eigenvalue weighted by atomic mass is 10.2. The van der Waals surface area contributed by atoms with Gasteiger partial charge in [0, 0.05) is 19.8 Å². The summed E-state index contributed by atoms with van der Waals surface area (Å²) >= 11 is 0. The standard InChI is InChI=1S/C10H23O3P/c1-5-9(11-6-2)10(14,12-7-3)13-8-4/h9H,5-8,14H2,1-4H3. The van der Waals surface area contributed by atoms with Crippen LogP contribution in [0.1, 0.15) is 34.1 Å². The topological polar surface area (TPSA) is 27.7 Å². The highest BCUT2D eigenvalue weighted by Crippen LogP contribution is 2.30. The molecule has 0 fully saturated rings. The lowest BCUT2D eigenvalue weighted by Crippen LogP contribution is -2.43. The molecule has 0 saturated carbocycles. The summed E-state index contributed by atoms with van der Waals surface area (Å²) in [5.41, 5.74) is -0.686. The molecule has 0 aliphatic carbocycles. The van der Waals surface area contributed by atoms with E-state index in [9.17, 15) is 0 Å². The van der Waals surface area contributed by atoms with Crippen LogP contribution in [-0.4, -0.2) is 31.5 Å². The van der Waals surface area contributed by atoms with Gasteiger partial charge < -0.3 is 14.2 Å². The summed E-state index contributed by atoms with van der Waals surface area (Å²) < 4.78 is 16.8. The zero-order valence-electron chi connectivity index (χ0n) is 9.71. The molecule has 0 aromatic heterocycles. The molecule has 0 rings (SSSR count). The zero-order valence-corrected chi connectivity index (χ0v) is 10.9. The molecule has 0 aromatic rings. The van der Waals surface area contributed by atoms with E-state index in [1.54, 1.807) is 0 Å². The van der Waals surface area contributed by atoms with Crippen LogP contribution >= 0.6 is 9.24 Å². The van der Waals surface area contributed by atoms with Gasteiger partial charge in [0.05, 0.1) is 0 Å². The van der Waals surface area contributed by atoms with E-state index in [2.05, 4.69) is 16.2 Å². The van der Waals surface area contributed by atoms with Gasteiger partial charge in [0.25, 0.3) is 0 Å². The molecular formula is C10H23O3P. The smallest absolute Gasteiger partial charge is 0.207 e. The molecule has 0 radical (unpaired) electrons. The largest absolute Gasteiger partial charge is 0.373 e. The minimum absolute atomic E-state index is 0.0302. The fourth-order valence-electron chi connectivity index (χ4n) is 1.40. The van der Waals surface area contributed by atoms with Gasteiger partial charge in [-0.05, 0) is 27.2 Å². The second-order valence-electron chi connectivity index (χ2n) is 2.94. The molecule has 3 nitrogen and oxygen atoms in total. The van der Waals surface area contributed by atoms with Crippen molar-refractivity contribution < 1.29 is 14.2 Å². The lowest BCUT2D eigenvalue weighted by Gasteiger charge is -2.35. The van der Waals surface area contributed by atoms with E-state index >= 15 is 0 Å². The summed E-state index contributed by atoms with van der Waals surface area (Å²) in [7, 11) is 2.62. The van der Waals surface area contributed by atoms with E-state index in [0.717, 1.165) is 6.42 Å². The molecule has 0 aliphatic rings. The Morgan fingerprint density at radius 2 is 1.50 bits per heavy atom. The average Bonchev–Trinajstić information content (AvgIpc) is 2.14. The molecule has 0 saturated heterocycles. The Kier molecular flexibility index (Phi) is 7.75. The minimum Gasteiger partial charge on any atom is -0.373 e. The van der Waals surface area contributed by atoms with Gasteiger partial charge in [0.15, 0.2) is 0 Å². The van der Waals surface area contributed by atoms with Crippen molar-refractivity contribution in [3.8, 4) is 0 Å². The summed E-state index contributed by atoms with van der Waals surface area (Å²) in [4.78, 5) is 0. The predicted octanol–water partition coefficient (Wildman–Crippen LogP) is 2.40. The van der Waals surface area contributed by atoms with E-state index in [4.69, 9.17) is 14.2 Å². The third-order valence-electron chi connectivity index (χ3n) is 1.93. The van der Waals surface area contributed by atoms with Gasteiger partial charge >= 0.3 is 0 Å².